The third-order valence-electron chi connectivity index (χ3n) is 0.678. The molecule has 0 spiro atoms. The molecule has 0 atom stereocenters. The van der Waals surface area contributed by atoms with E-state index in [1.807, 2.05) is 0 Å². The number of hydrogen-bond acceptors (Lipinski definition) is 4. The average Bonchev–Trinajstić information content (AvgIpc) is 2.67. The molecule has 10 heavy (non-hydrogen) atoms. The van der Waals surface area contributed by atoms with Crippen LogP contribution in [-0.2, 0) is 0 Å². The Kier molecular flexibility index (Phi) is 2.75. The van der Waals surface area contributed by atoms with Gasteiger partial charge in [0.1, 0.15) is 6.26 Å². The first-order valence-electron chi connectivity index (χ1n) is 2.62. The molecule has 0 aliphatic carbocycles. The number of rotatable bonds is 0. The van der Waals surface area contributed by atoms with Gasteiger partial charge in [0.2, 0.25) is 0 Å². The van der Waals surface area contributed by atoms with Crippen molar-refractivity contribution in [2.45, 2.75) is 0 Å². The first-order chi connectivity index (χ1) is 5.00. The second kappa shape index (κ2) is 4.25. The molecular formula is C5H6N4O. The Labute approximate surface area is 57.1 Å². The van der Waals surface area contributed by atoms with Crippen molar-refractivity contribution in [2.24, 2.45) is 0 Å². The quantitative estimate of drug-likeness (QED) is 0.574. The van der Waals surface area contributed by atoms with Gasteiger partial charge in [-0.2, -0.15) is 0 Å². The maximum atomic E-state index is 4.47. The van der Waals surface area contributed by atoms with Gasteiger partial charge in [-0.1, -0.05) is 5.21 Å². The second-order valence-electron chi connectivity index (χ2n) is 1.34. The van der Waals surface area contributed by atoms with E-state index in [-0.39, 0.29) is 0 Å². The van der Waals surface area contributed by atoms with Crippen molar-refractivity contribution in [3.63, 3.8) is 0 Å². The monoisotopic (exact) mass is 138 g/mol. The minimum absolute atomic E-state index is 1.38. The predicted molar refractivity (Wildman–Crippen MR) is 32.9 cm³/mol. The largest absolute Gasteiger partial charge is 0.452 e. The molecule has 1 N–H and O–H groups in total. The fraction of sp³-hybridized carbons (Fsp3) is 0. The Hall–Kier alpha value is -1.65. The van der Waals surface area contributed by atoms with Crippen LogP contribution in [-0.4, -0.2) is 20.4 Å². The van der Waals surface area contributed by atoms with Crippen LogP contribution in [0.1, 0.15) is 0 Å². The highest BCUT2D eigenvalue weighted by Gasteiger charge is 1.59. The summed E-state index contributed by atoms with van der Waals surface area (Å²) in [6, 6.07) is 0. The molecule has 2 rings (SSSR count). The second-order valence-corrected chi connectivity index (χ2v) is 1.34. The molecule has 2 aromatic heterocycles. The van der Waals surface area contributed by atoms with E-state index in [1.165, 1.54) is 12.7 Å². The summed E-state index contributed by atoms with van der Waals surface area (Å²) in [6.07, 6.45) is 7.71. The summed E-state index contributed by atoms with van der Waals surface area (Å²) in [5.41, 5.74) is 0. The molecule has 0 saturated heterocycles. The van der Waals surface area contributed by atoms with Crippen LogP contribution in [0.15, 0.2) is 35.7 Å². The van der Waals surface area contributed by atoms with Gasteiger partial charge < -0.3 is 4.42 Å². The smallest absolute Gasteiger partial charge is 0.180 e. The number of hydrogen-bond donors (Lipinski definition) is 1. The normalized spacial score (nSPS) is 8.00. The van der Waals surface area contributed by atoms with E-state index in [1.54, 1.807) is 18.6 Å². The van der Waals surface area contributed by atoms with Gasteiger partial charge >= 0.3 is 0 Å². The van der Waals surface area contributed by atoms with Crippen LogP contribution in [0.5, 0.6) is 0 Å². The van der Waals surface area contributed by atoms with E-state index in [2.05, 4.69) is 24.8 Å². The Balaban J connectivity index is 0.0000001000. The molecule has 0 aliphatic rings. The SMILES string of the molecule is c1c[nH]nn1.c1cocn1. The fourth-order valence-corrected chi connectivity index (χ4v) is 0.342. The summed E-state index contributed by atoms with van der Waals surface area (Å²) in [6.45, 7) is 0. The van der Waals surface area contributed by atoms with Gasteiger partial charge in [0.05, 0.1) is 12.4 Å². The first kappa shape index (κ1) is 6.47. The molecule has 0 saturated carbocycles. The molecule has 0 radical (unpaired) electrons. The lowest BCUT2D eigenvalue weighted by Crippen LogP contribution is -1.61. The van der Waals surface area contributed by atoms with E-state index < -0.39 is 0 Å². The maximum absolute atomic E-state index is 4.47. The zero-order valence-electron chi connectivity index (χ0n) is 5.14. The molecule has 2 heterocycles. The Morgan fingerprint density at radius 3 is 2.50 bits per heavy atom. The molecule has 5 heteroatoms. The van der Waals surface area contributed by atoms with Gasteiger partial charge in [0.15, 0.2) is 6.39 Å². The third kappa shape index (κ3) is 2.61. The highest BCUT2D eigenvalue weighted by atomic mass is 16.3. The van der Waals surface area contributed by atoms with Gasteiger partial charge in [0, 0.05) is 6.20 Å². The predicted octanol–water partition coefficient (Wildman–Crippen LogP) is 0.479. The first-order valence-corrected chi connectivity index (χ1v) is 2.62. The Morgan fingerprint density at radius 1 is 1.30 bits per heavy atom. The molecule has 0 unspecified atom stereocenters. The van der Waals surface area contributed by atoms with Crippen LogP contribution < -0.4 is 0 Å². The molecule has 52 valence electrons. The minimum atomic E-state index is 1.38. The summed E-state index contributed by atoms with van der Waals surface area (Å²) in [7, 11) is 0. The average molecular weight is 138 g/mol. The molecule has 5 nitrogen and oxygen atoms in total. The molecule has 0 aromatic carbocycles. The zero-order chi connectivity index (χ0) is 7.07. The van der Waals surface area contributed by atoms with Crippen molar-refractivity contribution in [3.8, 4) is 0 Å². The topological polar surface area (TPSA) is 67.6 Å². The van der Waals surface area contributed by atoms with Crippen LogP contribution in [0, 0.1) is 0 Å². The summed E-state index contributed by atoms with van der Waals surface area (Å²) in [5, 5.41) is 9.26. The van der Waals surface area contributed by atoms with Crippen molar-refractivity contribution in [3.05, 3.63) is 31.2 Å². The lowest BCUT2D eigenvalue weighted by atomic mass is 11.0. The van der Waals surface area contributed by atoms with Gasteiger partial charge in [0.25, 0.3) is 0 Å². The van der Waals surface area contributed by atoms with E-state index in [0.717, 1.165) is 0 Å². The number of aromatic nitrogens is 4. The molecule has 2 aromatic rings. The van der Waals surface area contributed by atoms with Gasteiger partial charge in [-0.3, -0.25) is 5.10 Å². The Bertz CT molecular complexity index is 153. The van der Waals surface area contributed by atoms with Crippen molar-refractivity contribution < 1.29 is 4.42 Å². The van der Waals surface area contributed by atoms with E-state index >= 15 is 0 Å². The third-order valence-corrected chi connectivity index (χ3v) is 0.678. The summed E-state index contributed by atoms with van der Waals surface area (Å²) >= 11 is 0. The van der Waals surface area contributed by atoms with Crippen LogP contribution in [0.3, 0.4) is 0 Å². The van der Waals surface area contributed by atoms with E-state index in [4.69, 9.17) is 0 Å². The maximum Gasteiger partial charge on any atom is 0.180 e. The molecule has 0 fully saturated rings. The van der Waals surface area contributed by atoms with Gasteiger partial charge in [-0.25, -0.2) is 4.98 Å². The Morgan fingerprint density at radius 2 is 2.30 bits per heavy atom. The van der Waals surface area contributed by atoms with Crippen LogP contribution in [0.25, 0.3) is 0 Å². The van der Waals surface area contributed by atoms with E-state index in [0.29, 0.717) is 0 Å². The zero-order valence-corrected chi connectivity index (χ0v) is 5.14. The van der Waals surface area contributed by atoms with Crippen molar-refractivity contribution in [1.29, 1.82) is 0 Å². The molecule has 0 aliphatic heterocycles. The van der Waals surface area contributed by atoms with Gasteiger partial charge in [-0.15, -0.1) is 5.10 Å². The van der Waals surface area contributed by atoms with Crippen molar-refractivity contribution in [1.82, 2.24) is 20.4 Å². The number of nitrogens with one attached hydrogen (secondary N) is 1. The highest BCUT2D eigenvalue weighted by Crippen LogP contribution is 1.72. The molecular weight excluding hydrogens is 132 g/mol. The lowest BCUT2D eigenvalue weighted by Gasteiger charge is -1.47. The fourth-order valence-electron chi connectivity index (χ4n) is 0.342. The van der Waals surface area contributed by atoms with Crippen LogP contribution >= 0.6 is 0 Å². The van der Waals surface area contributed by atoms with Crippen molar-refractivity contribution >= 4 is 0 Å². The summed E-state index contributed by atoms with van der Waals surface area (Å²) in [5.74, 6) is 0. The van der Waals surface area contributed by atoms with Crippen LogP contribution in [0.2, 0.25) is 0 Å². The lowest BCUT2D eigenvalue weighted by molar-refractivity contribution is 0.558. The summed E-state index contributed by atoms with van der Waals surface area (Å²) < 4.78 is 4.47. The number of H-pyrrole nitrogens is 1. The van der Waals surface area contributed by atoms with Crippen LogP contribution in [0.4, 0.5) is 0 Å². The van der Waals surface area contributed by atoms with E-state index in [9.17, 15) is 0 Å². The summed E-state index contributed by atoms with van der Waals surface area (Å²) in [4.78, 5) is 3.56. The highest BCUT2D eigenvalue weighted by molar-refractivity contribution is 4.56. The number of nitrogens with zero attached hydrogens (tertiary/aromatic N) is 3. The standard InChI is InChI=1S/C3H3NO.C2H3N3/c1-2-5-3-4-1;1-2-4-5-3-1/h1-3H;1-2H,(H,3,4,5). The number of aromatic amines is 1. The van der Waals surface area contributed by atoms with Gasteiger partial charge in [-0.05, 0) is 0 Å². The molecule has 0 amide bonds. The number of oxazole rings is 1. The van der Waals surface area contributed by atoms with Crippen molar-refractivity contribution in [2.75, 3.05) is 0 Å². The minimum Gasteiger partial charge on any atom is -0.452 e. The molecule has 0 bridgehead atoms.